The van der Waals surface area contributed by atoms with Gasteiger partial charge in [-0.15, -0.1) is 0 Å². The lowest BCUT2D eigenvalue weighted by Crippen LogP contribution is -2.38. The zero-order chi connectivity index (χ0) is 50.1. The summed E-state index contributed by atoms with van der Waals surface area (Å²) in [5.41, 5.74) is 13.2. The topological polar surface area (TPSA) is 196 Å². The van der Waals surface area contributed by atoms with Crippen molar-refractivity contribution in [3.8, 4) is 28.7 Å². The summed E-state index contributed by atoms with van der Waals surface area (Å²) < 4.78 is 30.8. The third-order valence-corrected chi connectivity index (χ3v) is 15.3. The second-order valence-corrected chi connectivity index (χ2v) is 20.3. The van der Waals surface area contributed by atoms with Crippen LogP contribution >= 0.6 is 21.6 Å². The van der Waals surface area contributed by atoms with Crippen molar-refractivity contribution in [1.82, 2.24) is 10.6 Å². The van der Waals surface area contributed by atoms with Crippen molar-refractivity contribution >= 4 is 80.4 Å². The monoisotopic (exact) mass is 1010 g/mol. The fraction of sp³-hybridized carbons (Fsp3) is 0.333. The van der Waals surface area contributed by atoms with Gasteiger partial charge >= 0.3 is 0 Å². The molecule has 0 fully saturated rings. The first-order valence-corrected chi connectivity index (χ1v) is 26.5. The van der Waals surface area contributed by atoms with Crippen LogP contribution in [0.25, 0.3) is 0 Å². The SMILES string of the molecule is CNC(=O)C(N)CCSSCCNC(=O)CCCCOc1cc(COc2cc3c(cc2OC)C(=O)N2c4ccccc4CC2C=N3)cc(COc2cc3c(cc2OC)C(=O)N2c4ccccc4CC2C=N3)c1. The molecule has 72 heavy (non-hydrogen) atoms. The molecule has 4 heterocycles. The Morgan fingerprint density at radius 2 is 1.25 bits per heavy atom. The summed E-state index contributed by atoms with van der Waals surface area (Å²) in [6.07, 6.45) is 7.23. The minimum Gasteiger partial charge on any atom is -0.494 e. The molecule has 18 heteroatoms. The third kappa shape index (κ3) is 11.2. The van der Waals surface area contributed by atoms with Crippen LogP contribution in [0.5, 0.6) is 28.7 Å². The first kappa shape index (κ1) is 49.9. The maximum absolute atomic E-state index is 14.0. The second kappa shape index (κ2) is 23.0. The third-order valence-electron chi connectivity index (χ3n) is 12.8. The van der Waals surface area contributed by atoms with E-state index in [1.54, 1.807) is 62.7 Å². The molecule has 5 aromatic rings. The van der Waals surface area contributed by atoms with Gasteiger partial charge in [-0.2, -0.15) is 0 Å². The Morgan fingerprint density at radius 3 is 1.79 bits per heavy atom. The molecule has 16 nitrogen and oxygen atoms in total. The van der Waals surface area contributed by atoms with E-state index < -0.39 is 6.04 Å². The molecule has 0 spiro atoms. The Morgan fingerprint density at radius 1 is 0.708 bits per heavy atom. The molecule has 3 atom stereocenters. The zero-order valence-corrected chi connectivity index (χ0v) is 42.0. The van der Waals surface area contributed by atoms with Crippen LogP contribution in [0.1, 0.15) is 68.7 Å². The van der Waals surface area contributed by atoms with Gasteiger partial charge in [-0.1, -0.05) is 58.0 Å². The fourth-order valence-corrected chi connectivity index (χ4v) is 11.2. The number of benzene rings is 5. The number of anilines is 2. The smallest absolute Gasteiger partial charge is 0.261 e. The number of carbonyl (C=O) groups is 4. The number of nitrogens with one attached hydrogen (secondary N) is 2. The van der Waals surface area contributed by atoms with Crippen molar-refractivity contribution in [3.05, 3.63) is 124 Å². The molecular formula is C54H57N7O9S2. The highest BCUT2D eigenvalue weighted by Crippen LogP contribution is 2.43. The maximum Gasteiger partial charge on any atom is 0.261 e. The average molecular weight is 1010 g/mol. The Kier molecular flexibility index (Phi) is 16.0. The van der Waals surface area contributed by atoms with Crippen molar-refractivity contribution in [2.24, 2.45) is 15.7 Å². The highest BCUT2D eigenvalue weighted by atomic mass is 33.1. The van der Waals surface area contributed by atoms with Crippen molar-refractivity contribution in [2.45, 2.75) is 69.9 Å². The van der Waals surface area contributed by atoms with Gasteiger partial charge in [-0.3, -0.25) is 39.0 Å². The van der Waals surface area contributed by atoms with Gasteiger partial charge in [-0.25, -0.2) is 0 Å². The van der Waals surface area contributed by atoms with E-state index in [0.717, 1.165) is 45.1 Å². The van der Waals surface area contributed by atoms with E-state index in [-0.39, 0.29) is 48.9 Å². The zero-order valence-electron chi connectivity index (χ0n) is 40.4. The van der Waals surface area contributed by atoms with E-state index in [1.165, 1.54) is 14.2 Å². The van der Waals surface area contributed by atoms with Crippen molar-refractivity contribution < 1.29 is 42.9 Å². The molecule has 0 aliphatic carbocycles. The van der Waals surface area contributed by atoms with Gasteiger partial charge in [0.2, 0.25) is 11.8 Å². The number of likely N-dealkylation sites (N-methyl/N-ethyl adjacent to an activating group) is 1. The summed E-state index contributed by atoms with van der Waals surface area (Å²) in [7, 11) is 7.92. The number of ether oxygens (including phenoxy) is 5. The Bertz CT molecular complexity index is 2750. The number of carbonyl (C=O) groups excluding carboxylic acids is 4. The minimum absolute atomic E-state index is 0.0243. The van der Waals surface area contributed by atoms with E-state index in [9.17, 15) is 19.2 Å². The molecule has 4 aliphatic heterocycles. The quantitative estimate of drug-likeness (QED) is 0.0448. The van der Waals surface area contributed by atoms with Gasteiger partial charge in [0, 0.05) is 80.3 Å². The Labute approximate surface area is 426 Å². The molecule has 4 N–H and O–H groups in total. The number of amides is 4. The molecule has 374 valence electrons. The maximum atomic E-state index is 14.0. The van der Waals surface area contributed by atoms with Crippen LogP contribution < -0.4 is 49.9 Å². The molecule has 0 aromatic heterocycles. The highest BCUT2D eigenvalue weighted by molar-refractivity contribution is 8.76. The Hall–Kier alpha value is -7.02. The average Bonchev–Trinajstić information content (AvgIpc) is 3.89. The molecule has 3 unspecified atom stereocenters. The normalized spacial score (nSPS) is 16.3. The lowest BCUT2D eigenvalue weighted by atomic mass is 10.1. The predicted molar refractivity (Wildman–Crippen MR) is 283 cm³/mol. The number of methoxy groups -OCH3 is 2. The summed E-state index contributed by atoms with van der Waals surface area (Å²) in [5, 5.41) is 5.53. The molecule has 0 saturated carbocycles. The molecule has 0 saturated heterocycles. The largest absolute Gasteiger partial charge is 0.494 e. The number of hydrogen-bond donors (Lipinski definition) is 3. The van der Waals surface area contributed by atoms with Gasteiger partial charge in [-0.05, 0) is 84.0 Å². The van der Waals surface area contributed by atoms with E-state index in [2.05, 4.69) is 10.6 Å². The van der Waals surface area contributed by atoms with E-state index in [0.29, 0.717) is 103 Å². The number of nitrogens with zero attached hydrogens (tertiary/aromatic N) is 4. The molecule has 4 aliphatic rings. The molecule has 9 rings (SSSR count). The van der Waals surface area contributed by atoms with Crippen LogP contribution in [0.4, 0.5) is 22.7 Å². The van der Waals surface area contributed by atoms with Crippen LogP contribution in [-0.2, 0) is 35.6 Å². The molecule has 0 bridgehead atoms. The number of unbranched alkanes of at least 4 members (excludes halogenated alkanes) is 1. The summed E-state index contributed by atoms with van der Waals surface area (Å²) in [4.78, 5) is 65.4. The van der Waals surface area contributed by atoms with Gasteiger partial charge in [0.05, 0.1) is 61.5 Å². The van der Waals surface area contributed by atoms with Crippen LogP contribution in [-0.4, -0.2) is 100 Å². The van der Waals surface area contributed by atoms with E-state index in [4.69, 9.17) is 39.4 Å². The second-order valence-electron chi connectivity index (χ2n) is 17.6. The lowest BCUT2D eigenvalue weighted by molar-refractivity contribution is -0.122. The standard InChI is InChI=1S/C54H57N7O9S2/c1-56-52(63)42(55)15-18-71-72-19-16-57-51(62)14-8-9-17-68-39-21-33(31-69-49-27-43-40(25-47(49)66-2)53(64)60-37(29-58-43)23-35-10-4-6-12-45(35)60)20-34(22-39)32-70-50-28-44-41(26-48(50)67-3)54(65)61-38(30-59-44)24-36-11-5-7-13-46(36)61/h4-7,10-13,20-22,25-30,37-38,42H,8-9,14-19,23-24,31-32,55H2,1-3H3,(H,56,63)(H,57,62). The van der Waals surface area contributed by atoms with Gasteiger partial charge in [0.25, 0.3) is 11.8 Å². The van der Waals surface area contributed by atoms with Gasteiger partial charge in [0.1, 0.15) is 19.0 Å². The highest BCUT2D eigenvalue weighted by Gasteiger charge is 2.38. The number of fused-ring (bicyclic) bond motifs is 8. The number of rotatable bonds is 22. The lowest BCUT2D eigenvalue weighted by Gasteiger charge is -2.22. The summed E-state index contributed by atoms with van der Waals surface area (Å²) in [6, 6.07) is 27.5. The fourth-order valence-electron chi connectivity index (χ4n) is 9.19. The van der Waals surface area contributed by atoms with Crippen molar-refractivity contribution in [2.75, 3.05) is 55.7 Å². The first-order valence-electron chi connectivity index (χ1n) is 24.0. The van der Waals surface area contributed by atoms with Gasteiger partial charge < -0.3 is 40.1 Å². The van der Waals surface area contributed by atoms with Crippen LogP contribution in [0, 0.1) is 0 Å². The molecule has 0 radical (unpaired) electrons. The Balaban J connectivity index is 0.866. The summed E-state index contributed by atoms with van der Waals surface area (Å²) >= 11 is 0. The summed E-state index contributed by atoms with van der Waals surface area (Å²) in [5.74, 6) is 3.17. The predicted octanol–water partition coefficient (Wildman–Crippen LogP) is 7.95. The van der Waals surface area contributed by atoms with Crippen LogP contribution in [0.15, 0.2) is 101 Å². The number of aliphatic imine (C=N–C) groups is 2. The number of para-hydroxylation sites is 2. The number of nitrogens with two attached hydrogens (primary N) is 1. The van der Waals surface area contributed by atoms with E-state index >= 15 is 0 Å². The van der Waals surface area contributed by atoms with Gasteiger partial charge in [0.15, 0.2) is 23.0 Å². The minimum atomic E-state index is -0.519. The molecular weight excluding hydrogens is 955 g/mol. The first-order chi connectivity index (χ1) is 35.1. The van der Waals surface area contributed by atoms with Crippen molar-refractivity contribution in [3.63, 3.8) is 0 Å². The van der Waals surface area contributed by atoms with Crippen LogP contribution in [0.2, 0.25) is 0 Å². The summed E-state index contributed by atoms with van der Waals surface area (Å²) in [6.45, 7) is 1.13. The molecule has 4 amide bonds. The molecule has 5 aromatic carbocycles. The number of hydrogen-bond acceptors (Lipinski definition) is 14. The van der Waals surface area contributed by atoms with Crippen molar-refractivity contribution in [1.29, 1.82) is 0 Å². The van der Waals surface area contributed by atoms with E-state index in [1.807, 2.05) is 79.2 Å². The van der Waals surface area contributed by atoms with Crippen LogP contribution in [0.3, 0.4) is 0 Å².